The van der Waals surface area contributed by atoms with Crippen LogP contribution in [0.2, 0.25) is 0 Å². The van der Waals surface area contributed by atoms with Crippen LogP contribution < -0.4 is 11.0 Å². The highest BCUT2D eigenvalue weighted by atomic mass is 32.2. The van der Waals surface area contributed by atoms with E-state index in [1.54, 1.807) is 12.3 Å². The molecule has 0 aliphatic rings. The quantitative estimate of drug-likeness (QED) is 0.357. The van der Waals surface area contributed by atoms with Gasteiger partial charge in [0.15, 0.2) is 5.16 Å². The number of hydrogen-bond acceptors (Lipinski definition) is 6. The van der Waals surface area contributed by atoms with Crippen LogP contribution in [0.3, 0.4) is 0 Å². The van der Waals surface area contributed by atoms with Crippen LogP contribution in [0.1, 0.15) is 28.1 Å². The van der Waals surface area contributed by atoms with Crippen molar-refractivity contribution in [3.05, 3.63) is 87.4 Å². The molecule has 174 valence electrons. The maximum atomic E-state index is 12.8. The minimum atomic E-state index is -0.316. The van der Waals surface area contributed by atoms with E-state index in [0.717, 1.165) is 28.6 Å². The molecule has 0 atom stereocenters. The molecule has 0 bridgehead atoms. The van der Waals surface area contributed by atoms with E-state index in [1.807, 2.05) is 54.8 Å². The van der Waals surface area contributed by atoms with E-state index in [4.69, 9.17) is 4.42 Å². The van der Waals surface area contributed by atoms with Crippen molar-refractivity contribution in [1.29, 1.82) is 5.26 Å². The summed E-state index contributed by atoms with van der Waals surface area (Å²) in [5.74, 6) is 0.879. The topological polar surface area (TPSA) is 122 Å². The molecule has 4 rings (SSSR count). The lowest BCUT2D eigenvalue weighted by Gasteiger charge is -2.12. The Bertz CT molecular complexity index is 1380. The molecular formula is C24H24N6O3S. The number of H-pyrrole nitrogens is 1. The first-order valence-electron chi connectivity index (χ1n) is 10.7. The van der Waals surface area contributed by atoms with E-state index in [0.29, 0.717) is 41.8 Å². The van der Waals surface area contributed by atoms with Gasteiger partial charge < -0.3 is 14.3 Å². The zero-order valence-electron chi connectivity index (χ0n) is 18.9. The van der Waals surface area contributed by atoms with Gasteiger partial charge in [-0.25, -0.2) is 9.89 Å². The van der Waals surface area contributed by atoms with Gasteiger partial charge in [-0.05, 0) is 43.5 Å². The molecule has 0 spiro atoms. The lowest BCUT2D eigenvalue weighted by atomic mass is 10.1. The Kier molecular flexibility index (Phi) is 7.04. The molecule has 10 heteroatoms. The third-order valence-corrected chi connectivity index (χ3v) is 6.59. The number of aromatic amines is 1. The lowest BCUT2D eigenvalue weighted by Crippen LogP contribution is -2.21. The smallest absolute Gasteiger partial charge is 0.343 e. The molecular weight excluding hydrogens is 452 g/mol. The normalized spacial score (nSPS) is 10.9. The summed E-state index contributed by atoms with van der Waals surface area (Å²) in [7, 11) is 0. The maximum Gasteiger partial charge on any atom is 0.343 e. The summed E-state index contributed by atoms with van der Waals surface area (Å²) in [4.78, 5) is 25.0. The number of aromatic nitrogens is 4. The van der Waals surface area contributed by atoms with Crippen molar-refractivity contribution in [3.63, 3.8) is 0 Å². The Labute approximate surface area is 200 Å². The number of nitriles is 1. The van der Waals surface area contributed by atoms with Crippen molar-refractivity contribution in [3.8, 4) is 6.07 Å². The summed E-state index contributed by atoms with van der Waals surface area (Å²) >= 11 is 1.16. The van der Waals surface area contributed by atoms with Crippen molar-refractivity contribution < 1.29 is 9.21 Å². The fraction of sp³-hybridized carbons (Fsp3) is 0.250. The standard InChI is InChI=1S/C24H24N6O3S/c1-16-17(2)30(14-19-9-6-12-33-19)22(20(16)13-25)26-21(31)15-34-24-28-27-23(32)29(24)11-10-18-7-4-3-5-8-18/h3-9,12H,10-11,14-15H2,1-2H3,(H,26,31)(H,27,32). The van der Waals surface area contributed by atoms with Crippen molar-refractivity contribution in [2.24, 2.45) is 0 Å². The average molecular weight is 477 g/mol. The highest BCUT2D eigenvalue weighted by Gasteiger charge is 2.21. The molecule has 9 nitrogen and oxygen atoms in total. The molecule has 2 N–H and O–H groups in total. The minimum Gasteiger partial charge on any atom is -0.467 e. The zero-order chi connectivity index (χ0) is 24.1. The molecule has 3 heterocycles. The first kappa shape index (κ1) is 23.2. The summed E-state index contributed by atoms with van der Waals surface area (Å²) in [5.41, 5.74) is 2.89. The number of carbonyl (C=O) groups excluding carboxylic acids is 1. The van der Waals surface area contributed by atoms with E-state index in [2.05, 4.69) is 21.6 Å². The van der Waals surface area contributed by atoms with Crippen LogP contribution in [0.25, 0.3) is 0 Å². The third-order valence-electron chi connectivity index (χ3n) is 5.62. The molecule has 3 aromatic heterocycles. The molecule has 1 aromatic carbocycles. The Morgan fingerprint density at radius 2 is 2.00 bits per heavy atom. The monoisotopic (exact) mass is 476 g/mol. The van der Waals surface area contributed by atoms with Crippen LogP contribution >= 0.6 is 11.8 Å². The number of aryl methyl sites for hydroxylation is 1. The van der Waals surface area contributed by atoms with Crippen LogP contribution in [0.4, 0.5) is 5.82 Å². The minimum absolute atomic E-state index is 0.0323. The zero-order valence-corrected chi connectivity index (χ0v) is 19.7. The van der Waals surface area contributed by atoms with E-state index in [9.17, 15) is 14.9 Å². The predicted octanol–water partition coefficient (Wildman–Crippen LogP) is 3.48. The van der Waals surface area contributed by atoms with Gasteiger partial charge in [0.2, 0.25) is 5.91 Å². The molecule has 0 fully saturated rings. The highest BCUT2D eigenvalue weighted by molar-refractivity contribution is 7.99. The highest BCUT2D eigenvalue weighted by Crippen LogP contribution is 2.28. The summed E-state index contributed by atoms with van der Waals surface area (Å²) in [6, 6.07) is 15.7. The first-order valence-corrected chi connectivity index (χ1v) is 11.7. The number of rotatable bonds is 9. The number of carbonyl (C=O) groups is 1. The Morgan fingerprint density at radius 3 is 2.71 bits per heavy atom. The molecule has 4 aromatic rings. The maximum absolute atomic E-state index is 12.8. The predicted molar refractivity (Wildman–Crippen MR) is 129 cm³/mol. The van der Waals surface area contributed by atoms with Crippen molar-refractivity contribution in [2.45, 2.75) is 38.5 Å². The second-order valence-electron chi connectivity index (χ2n) is 7.75. The summed E-state index contributed by atoms with van der Waals surface area (Å²) < 4.78 is 8.83. The second-order valence-corrected chi connectivity index (χ2v) is 8.69. The van der Waals surface area contributed by atoms with E-state index in [-0.39, 0.29) is 17.3 Å². The molecule has 0 unspecified atom stereocenters. The fourth-order valence-corrected chi connectivity index (χ4v) is 4.45. The summed E-state index contributed by atoms with van der Waals surface area (Å²) in [6.07, 6.45) is 2.26. The van der Waals surface area contributed by atoms with Crippen LogP contribution in [-0.4, -0.2) is 31.0 Å². The fourth-order valence-electron chi connectivity index (χ4n) is 3.68. The van der Waals surface area contributed by atoms with Gasteiger partial charge in [-0.1, -0.05) is 42.1 Å². The van der Waals surface area contributed by atoms with Gasteiger partial charge in [0, 0.05) is 12.2 Å². The van der Waals surface area contributed by atoms with Gasteiger partial charge in [0.25, 0.3) is 0 Å². The number of furan rings is 1. The summed E-state index contributed by atoms with van der Waals surface area (Å²) in [5, 5.41) is 19.5. The second kappa shape index (κ2) is 10.3. The van der Waals surface area contributed by atoms with Crippen molar-refractivity contribution in [1.82, 2.24) is 19.3 Å². The molecule has 0 saturated carbocycles. The Hall–Kier alpha value is -3.97. The van der Waals surface area contributed by atoms with Gasteiger partial charge in [-0.15, -0.1) is 5.10 Å². The molecule has 0 aliphatic heterocycles. The molecule has 0 saturated heterocycles. The Morgan fingerprint density at radius 1 is 1.21 bits per heavy atom. The summed E-state index contributed by atoms with van der Waals surface area (Å²) in [6.45, 7) is 4.60. The van der Waals surface area contributed by atoms with Gasteiger partial charge in [0.05, 0.1) is 24.1 Å². The van der Waals surface area contributed by atoms with Crippen LogP contribution in [0.5, 0.6) is 0 Å². The molecule has 0 aliphatic carbocycles. The van der Waals surface area contributed by atoms with Gasteiger partial charge in [0.1, 0.15) is 17.6 Å². The van der Waals surface area contributed by atoms with Crippen LogP contribution in [0.15, 0.2) is 63.1 Å². The van der Waals surface area contributed by atoms with E-state index >= 15 is 0 Å². The number of benzene rings is 1. The SMILES string of the molecule is Cc1c(C#N)c(NC(=O)CSc2n[nH]c(=O)n2CCc2ccccc2)n(Cc2ccco2)c1C. The first-order chi connectivity index (χ1) is 16.5. The van der Waals surface area contributed by atoms with E-state index < -0.39 is 0 Å². The largest absolute Gasteiger partial charge is 0.467 e. The number of nitrogens with zero attached hydrogens (tertiary/aromatic N) is 4. The van der Waals surface area contributed by atoms with Gasteiger partial charge in [-0.3, -0.25) is 9.36 Å². The number of nitrogens with one attached hydrogen (secondary N) is 2. The number of thioether (sulfide) groups is 1. The number of hydrogen-bond donors (Lipinski definition) is 2. The average Bonchev–Trinajstić information content (AvgIpc) is 3.53. The molecule has 0 radical (unpaired) electrons. The Balaban J connectivity index is 1.46. The third kappa shape index (κ3) is 5.00. The number of anilines is 1. The molecule has 34 heavy (non-hydrogen) atoms. The lowest BCUT2D eigenvalue weighted by molar-refractivity contribution is -0.113. The number of amides is 1. The van der Waals surface area contributed by atoms with Crippen molar-refractivity contribution >= 4 is 23.5 Å². The van der Waals surface area contributed by atoms with E-state index in [1.165, 1.54) is 4.57 Å². The molecule has 1 amide bonds. The van der Waals surface area contributed by atoms with Gasteiger partial charge >= 0.3 is 5.69 Å². The van der Waals surface area contributed by atoms with Gasteiger partial charge in [-0.2, -0.15) is 5.26 Å². The van der Waals surface area contributed by atoms with Crippen LogP contribution in [-0.2, 0) is 24.3 Å². The van der Waals surface area contributed by atoms with Crippen LogP contribution in [0, 0.1) is 25.2 Å². The van der Waals surface area contributed by atoms with Crippen molar-refractivity contribution in [2.75, 3.05) is 11.1 Å².